The van der Waals surface area contributed by atoms with Gasteiger partial charge in [0.1, 0.15) is 12.4 Å². The SMILES string of the molecule is NC(=O)c1c(Br)cccc1NCCOc1cccc(N)c1. The molecule has 110 valence electrons. The molecule has 0 saturated carbocycles. The average Bonchev–Trinajstić information content (AvgIpc) is 2.43. The number of nitrogens with one attached hydrogen (secondary N) is 1. The molecule has 0 aromatic heterocycles. The summed E-state index contributed by atoms with van der Waals surface area (Å²) in [6.07, 6.45) is 0. The highest BCUT2D eigenvalue weighted by molar-refractivity contribution is 9.10. The third kappa shape index (κ3) is 4.13. The number of amides is 1. The van der Waals surface area contributed by atoms with Gasteiger partial charge in [-0.2, -0.15) is 0 Å². The number of ether oxygens (including phenoxy) is 1. The number of hydrogen-bond donors (Lipinski definition) is 3. The van der Waals surface area contributed by atoms with Gasteiger partial charge >= 0.3 is 0 Å². The van der Waals surface area contributed by atoms with E-state index < -0.39 is 5.91 Å². The van der Waals surface area contributed by atoms with E-state index >= 15 is 0 Å². The van der Waals surface area contributed by atoms with E-state index in [1.54, 1.807) is 24.3 Å². The summed E-state index contributed by atoms with van der Waals surface area (Å²) in [7, 11) is 0. The van der Waals surface area contributed by atoms with Crippen molar-refractivity contribution in [2.45, 2.75) is 0 Å². The van der Waals surface area contributed by atoms with Crippen LogP contribution in [0.15, 0.2) is 46.9 Å². The molecule has 0 aliphatic rings. The van der Waals surface area contributed by atoms with E-state index in [2.05, 4.69) is 21.2 Å². The number of hydrogen-bond acceptors (Lipinski definition) is 4. The second-order valence-corrected chi connectivity index (χ2v) is 5.23. The van der Waals surface area contributed by atoms with Crippen molar-refractivity contribution in [3.8, 4) is 5.75 Å². The number of primary amides is 1. The van der Waals surface area contributed by atoms with E-state index in [0.29, 0.717) is 40.3 Å². The van der Waals surface area contributed by atoms with Crippen molar-refractivity contribution in [2.24, 2.45) is 5.73 Å². The summed E-state index contributed by atoms with van der Waals surface area (Å²) in [5.74, 6) is 0.225. The molecule has 0 aliphatic carbocycles. The molecule has 0 fully saturated rings. The first-order valence-electron chi connectivity index (χ1n) is 6.38. The number of rotatable bonds is 6. The van der Waals surface area contributed by atoms with E-state index in [0.717, 1.165) is 0 Å². The molecule has 21 heavy (non-hydrogen) atoms. The van der Waals surface area contributed by atoms with Crippen LogP contribution in [0.25, 0.3) is 0 Å². The van der Waals surface area contributed by atoms with Crippen LogP contribution in [0.4, 0.5) is 11.4 Å². The first-order valence-corrected chi connectivity index (χ1v) is 7.18. The highest BCUT2D eigenvalue weighted by Crippen LogP contribution is 2.24. The van der Waals surface area contributed by atoms with E-state index in [4.69, 9.17) is 16.2 Å². The summed E-state index contributed by atoms with van der Waals surface area (Å²) in [5, 5.41) is 3.13. The molecule has 0 spiro atoms. The van der Waals surface area contributed by atoms with E-state index in [1.165, 1.54) is 0 Å². The number of carbonyl (C=O) groups is 1. The Labute approximate surface area is 131 Å². The quantitative estimate of drug-likeness (QED) is 0.552. The largest absolute Gasteiger partial charge is 0.492 e. The van der Waals surface area contributed by atoms with Crippen LogP contribution in [0.5, 0.6) is 5.75 Å². The Hall–Kier alpha value is -2.21. The standard InChI is InChI=1S/C15H16BrN3O2/c16-12-5-2-6-13(14(12)15(18)20)19-7-8-21-11-4-1-3-10(17)9-11/h1-6,9,19H,7-8,17H2,(H2,18,20). The molecule has 2 aromatic carbocycles. The molecule has 5 N–H and O–H groups in total. The molecular formula is C15H16BrN3O2. The maximum absolute atomic E-state index is 11.4. The number of nitrogen functional groups attached to an aromatic ring is 1. The van der Waals surface area contributed by atoms with Crippen LogP contribution in [-0.4, -0.2) is 19.1 Å². The lowest BCUT2D eigenvalue weighted by molar-refractivity contribution is 0.100. The van der Waals surface area contributed by atoms with Gasteiger partial charge < -0.3 is 21.5 Å². The number of carbonyl (C=O) groups excluding carboxylic acids is 1. The molecule has 0 bridgehead atoms. The number of nitrogens with two attached hydrogens (primary N) is 2. The van der Waals surface area contributed by atoms with Crippen molar-refractivity contribution in [1.29, 1.82) is 0 Å². The molecule has 1 amide bonds. The highest BCUT2D eigenvalue weighted by Gasteiger charge is 2.11. The normalized spacial score (nSPS) is 10.1. The Morgan fingerprint density at radius 3 is 2.71 bits per heavy atom. The smallest absolute Gasteiger partial charge is 0.251 e. The molecule has 5 nitrogen and oxygen atoms in total. The lowest BCUT2D eigenvalue weighted by atomic mass is 10.1. The minimum absolute atomic E-state index is 0.432. The summed E-state index contributed by atoms with van der Waals surface area (Å²) in [6, 6.07) is 12.6. The van der Waals surface area contributed by atoms with Crippen LogP contribution < -0.4 is 21.5 Å². The first-order chi connectivity index (χ1) is 10.1. The van der Waals surface area contributed by atoms with Crippen LogP contribution in [0.3, 0.4) is 0 Å². The van der Waals surface area contributed by atoms with Crippen molar-refractivity contribution in [3.05, 3.63) is 52.5 Å². The Morgan fingerprint density at radius 1 is 1.24 bits per heavy atom. The van der Waals surface area contributed by atoms with Gasteiger partial charge in [-0.3, -0.25) is 4.79 Å². The topological polar surface area (TPSA) is 90.4 Å². The van der Waals surface area contributed by atoms with E-state index in [1.807, 2.05) is 18.2 Å². The molecule has 0 heterocycles. The van der Waals surface area contributed by atoms with Crippen molar-refractivity contribution < 1.29 is 9.53 Å². The van der Waals surface area contributed by atoms with Crippen molar-refractivity contribution >= 4 is 33.2 Å². The van der Waals surface area contributed by atoms with Crippen molar-refractivity contribution in [2.75, 3.05) is 24.2 Å². The Balaban J connectivity index is 1.92. The van der Waals surface area contributed by atoms with Crippen LogP contribution >= 0.6 is 15.9 Å². The minimum atomic E-state index is -0.485. The molecule has 0 radical (unpaired) electrons. The van der Waals surface area contributed by atoms with Gasteiger partial charge in [0.25, 0.3) is 5.91 Å². The summed E-state index contributed by atoms with van der Waals surface area (Å²) < 4.78 is 6.23. The molecule has 0 atom stereocenters. The van der Waals surface area contributed by atoms with Crippen LogP contribution in [0.1, 0.15) is 10.4 Å². The van der Waals surface area contributed by atoms with Gasteiger partial charge in [0.2, 0.25) is 0 Å². The van der Waals surface area contributed by atoms with Crippen LogP contribution in [0.2, 0.25) is 0 Å². The second-order valence-electron chi connectivity index (χ2n) is 4.37. The van der Waals surface area contributed by atoms with Gasteiger partial charge in [-0.1, -0.05) is 12.1 Å². The Kier molecular flexibility index (Phi) is 5.05. The second kappa shape index (κ2) is 6.99. The predicted molar refractivity (Wildman–Crippen MR) is 87.5 cm³/mol. The molecule has 2 aromatic rings. The van der Waals surface area contributed by atoms with Crippen molar-refractivity contribution in [3.63, 3.8) is 0 Å². The highest BCUT2D eigenvalue weighted by atomic mass is 79.9. The van der Waals surface area contributed by atoms with Gasteiger partial charge in [0.15, 0.2) is 0 Å². The third-order valence-corrected chi connectivity index (χ3v) is 3.47. The van der Waals surface area contributed by atoms with Gasteiger partial charge in [-0.25, -0.2) is 0 Å². The molecule has 0 aliphatic heterocycles. The lowest BCUT2D eigenvalue weighted by Gasteiger charge is -2.12. The third-order valence-electron chi connectivity index (χ3n) is 2.80. The molecule has 0 unspecified atom stereocenters. The van der Waals surface area contributed by atoms with Crippen LogP contribution in [-0.2, 0) is 0 Å². The summed E-state index contributed by atoms with van der Waals surface area (Å²) in [6.45, 7) is 0.972. The number of anilines is 2. The lowest BCUT2D eigenvalue weighted by Crippen LogP contribution is -2.18. The summed E-state index contributed by atoms with van der Waals surface area (Å²) >= 11 is 3.32. The molecule has 6 heteroatoms. The zero-order chi connectivity index (χ0) is 15.2. The maximum atomic E-state index is 11.4. The Bertz CT molecular complexity index is 647. The molecule has 0 saturated heterocycles. The number of benzene rings is 2. The molecule has 2 rings (SSSR count). The summed E-state index contributed by atoms with van der Waals surface area (Å²) in [4.78, 5) is 11.4. The number of halogens is 1. The monoisotopic (exact) mass is 349 g/mol. The average molecular weight is 350 g/mol. The zero-order valence-electron chi connectivity index (χ0n) is 11.3. The maximum Gasteiger partial charge on any atom is 0.251 e. The minimum Gasteiger partial charge on any atom is -0.492 e. The fourth-order valence-electron chi connectivity index (χ4n) is 1.88. The van der Waals surface area contributed by atoms with Gasteiger partial charge in [0, 0.05) is 28.5 Å². The van der Waals surface area contributed by atoms with Crippen LogP contribution in [0, 0.1) is 0 Å². The first kappa shape index (κ1) is 15.2. The van der Waals surface area contributed by atoms with E-state index in [-0.39, 0.29) is 0 Å². The fraction of sp³-hybridized carbons (Fsp3) is 0.133. The fourth-order valence-corrected chi connectivity index (χ4v) is 2.44. The van der Waals surface area contributed by atoms with Gasteiger partial charge in [0.05, 0.1) is 5.56 Å². The van der Waals surface area contributed by atoms with Crippen molar-refractivity contribution in [1.82, 2.24) is 0 Å². The summed E-state index contributed by atoms with van der Waals surface area (Å²) in [5.41, 5.74) is 12.8. The molecular weight excluding hydrogens is 334 g/mol. The van der Waals surface area contributed by atoms with Gasteiger partial charge in [-0.15, -0.1) is 0 Å². The Morgan fingerprint density at radius 2 is 2.00 bits per heavy atom. The zero-order valence-corrected chi connectivity index (χ0v) is 12.9. The van der Waals surface area contributed by atoms with E-state index in [9.17, 15) is 4.79 Å². The van der Waals surface area contributed by atoms with Gasteiger partial charge in [-0.05, 0) is 40.2 Å². The predicted octanol–water partition coefficient (Wildman–Crippen LogP) is 2.62.